The molecule has 1 fully saturated rings. The second-order valence-electron chi connectivity index (χ2n) is 6.95. The third-order valence-corrected chi connectivity index (χ3v) is 4.53. The maximum atomic E-state index is 12.6. The molecule has 1 unspecified atom stereocenters. The van der Waals surface area contributed by atoms with Crippen LogP contribution in [0.3, 0.4) is 0 Å². The molecule has 0 saturated carbocycles. The summed E-state index contributed by atoms with van der Waals surface area (Å²) in [5.74, 6) is 0.491. The molecule has 8 heteroatoms. The average Bonchev–Trinajstić information content (AvgIpc) is 3.20. The first-order chi connectivity index (χ1) is 12.6. The van der Waals surface area contributed by atoms with Crippen LogP contribution in [-0.2, 0) is 4.74 Å². The van der Waals surface area contributed by atoms with Crippen LogP contribution in [0, 0.1) is 5.92 Å². The van der Waals surface area contributed by atoms with E-state index in [4.69, 9.17) is 4.74 Å². The monoisotopic (exact) mass is 358 g/mol. The van der Waals surface area contributed by atoms with E-state index in [0.717, 1.165) is 38.4 Å². The third kappa shape index (κ3) is 4.86. The molecule has 8 nitrogen and oxygen atoms in total. The number of amides is 1. The lowest BCUT2D eigenvalue weighted by Crippen LogP contribution is -2.49. The Morgan fingerprint density at radius 3 is 2.81 bits per heavy atom. The van der Waals surface area contributed by atoms with Crippen LogP contribution in [0.2, 0.25) is 0 Å². The molecular formula is C18H26N6O2. The van der Waals surface area contributed by atoms with Crippen molar-refractivity contribution in [1.82, 2.24) is 30.4 Å². The molecule has 1 atom stereocenters. The zero-order chi connectivity index (χ0) is 18.4. The van der Waals surface area contributed by atoms with Gasteiger partial charge in [0.25, 0.3) is 5.91 Å². The van der Waals surface area contributed by atoms with E-state index in [9.17, 15) is 4.79 Å². The largest absolute Gasteiger partial charge is 0.379 e. The lowest BCUT2D eigenvalue weighted by Gasteiger charge is -2.35. The molecule has 1 aromatic carbocycles. The van der Waals surface area contributed by atoms with Crippen molar-refractivity contribution >= 4 is 5.91 Å². The summed E-state index contributed by atoms with van der Waals surface area (Å²) in [6, 6.07) is 7.61. The molecular weight excluding hydrogens is 332 g/mol. The minimum absolute atomic E-state index is 0.0815. The minimum atomic E-state index is -0.0815. The summed E-state index contributed by atoms with van der Waals surface area (Å²) in [4.78, 5) is 15.0. The van der Waals surface area contributed by atoms with E-state index >= 15 is 0 Å². The molecule has 140 valence electrons. The van der Waals surface area contributed by atoms with Gasteiger partial charge in [-0.25, -0.2) is 4.68 Å². The van der Waals surface area contributed by atoms with Gasteiger partial charge in [0, 0.05) is 31.2 Å². The maximum Gasteiger partial charge on any atom is 0.251 e. The number of hydrogen-bond donors (Lipinski definition) is 1. The summed E-state index contributed by atoms with van der Waals surface area (Å²) in [5.41, 5.74) is 1.36. The highest BCUT2D eigenvalue weighted by molar-refractivity contribution is 5.94. The zero-order valence-corrected chi connectivity index (χ0v) is 15.3. The number of aromatic nitrogens is 4. The van der Waals surface area contributed by atoms with Gasteiger partial charge in [-0.05, 0) is 41.0 Å². The van der Waals surface area contributed by atoms with Gasteiger partial charge >= 0.3 is 0 Å². The quantitative estimate of drug-likeness (QED) is 0.799. The SMILES string of the molecule is CC(C)CC(CNC(=O)c1cccc(-n2cnnn2)c1)N1CCOCC1. The molecule has 1 N–H and O–H groups in total. The van der Waals surface area contributed by atoms with Gasteiger partial charge in [-0.15, -0.1) is 5.10 Å². The van der Waals surface area contributed by atoms with Gasteiger partial charge < -0.3 is 10.1 Å². The predicted molar refractivity (Wildman–Crippen MR) is 97.1 cm³/mol. The van der Waals surface area contributed by atoms with Gasteiger partial charge in [0.15, 0.2) is 0 Å². The Kier molecular flexibility index (Phi) is 6.30. The van der Waals surface area contributed by atoms with Crippen LogP contribution < -0.4 is 5.32 Å². The molecule has 2 aromatic rings. The highest BCUT2D eigenvalue weighted by Gasteiger charge is 2.22. The Labute approximate surface area is 153 Å². The molecule has 3 rings (SSSR count). The summed E-state index contributed by atoms with van der Waals surface area (Å²) in [5, 5.41) is 14.2. The molecule has 0 radical (unpaired) electrons. The van der Waals surface area contributed by atoms with Gasteiger partial charge in [-0.1, -0.05) is 19.9 Å². The van der Waals surface area contributed by atoms with Crippen LogP contribution in [0.5, 0.6) is 0 Å². The lowest BCUT2D eigenvalue weighted by atomic mass is 10.0. The molecule has 2 heterocycles. The highest BCUT2D eigenvalue weighted by atomic mass is 16.5. The van der Waals surface area contributed by atoms with E-state index in [1.54, 1.807) is 12.1 Å². The fourth-order valence-corrected chi connectivity index (χ4v) is 3.23. The summed E-state index contributed by atoms with van der Waals surface area (Å²) in [6.07, 6.45) is 2.55. The van der Waals surface area contributed by atoms with Crippen molar-refractivity contribution in [3.63, 3.8) is 0 Å². The third-order valence-electron chi connectivity index (χ3n) is 4.53. The predicted octanol–water partition coefficient (Wildman–Crippen LogP) is 1.14. The maximum absolute atomic E-state index is 12.6. The number of nitrogens with zero attached hydrogens (tertiary/aromatic N) is 5. The van der Waals surface area contributed by atoms with Crippen molar-refractivity contribution in [1.29, 1.82) is 0 Å². The van der Waals surface area contributed by atoms with Crippen molar-refractivity contribution in [3.8, 4) is 5.69 Å². The van der Waals surface area contributed by atoms with E-state index in [2.05, 4.69) is 39.6 Å². The van der Waals surface area contributed by atoms with E-state index in [1.807, 2.05) is 12.1 Å². The fraction of sp³-hybridized carbons (Fsp3) is 0.556. The Morgan fingerprint density at radius 2 is 2.12 bits per heavy atom. The number of benzene rings is 1. The normalized spacial score (nSPS) is 16.6. The number of nitrogens with one attached hydrogen (secondary N) is 1. The van der Waals surface area contributed by atoms with Crippen molar-refractivity contribution in [2.75, 3.05) is 32.8 Å². The molecule has 1 aromatic heterocycles. The second-order valence-corrected chi connectivity index (χ2v) is 6.95. The first-order valence-electron chi connectivity index (χ1n) is 9.07. The smallest absolute Gasteiger partial charge is 0.251 e. The van der Waals surface area contributed by atoms with Crippen molar-refractivity contribution < 1.29 is 9.53 Å². The summed E-state index contributed by atoms with van der Waals surface area (Å²) in [6.45, 7) is 8.42. The van der Waals surface area contributed by atoms with Gasteiger partial charge in [0.1, 0.15) is 6.33 Å². The van der Waals surface area contributed by atoms with Crippen LogP contribution in [0.25, 0.3) is 5.69 Å². The Balaban J connectivity index is 1.63. The van der Waals surface area contributed by atoms with Crippen LogP contribution in [0.1, 0.15) is 30.6 Å². The minimum Gasteiger partial charge on any atom is -0.379 e. The lowest BCUT2D eigenvalue weighted by molar-refractivity contribution is 0.0124. The van der Waals surface area contributed by atoms with Gasteiger partial charge in [0.2, 0.25) is 0 Å². The molecule has 1 amide bonds. The molecule has 26 heavy (non-hydrogen) atoms. The number of carbonyl (C=O) groups excluding carboxylic acids is 1. The Morgan fingerprint density at radius 1 is 1.31 bits per heavy atom. The topological polar surface area (TPSA) is 85.2 Å². The van der Waals surface area contributed by atoms with Crippen molar-refractivity contribution in [2.24, 2.45) is 5.92 Å². The number of tetrazole rings is 1. The average molecular weight is 358 g/mol. The number of ether oxygens (including phenoxy) is 1. The van der Waals surface area contributed by atoms with E-state index in [1.165, 1.54) is 11.0 Å². The van der Waals surface area contributed by atoms with E-state index < -0.39 is 0 Å². The summed E-state index contributed by atoms with van der Waals surface area (Å²) < 4.78 is 6.98. The highest BCUT2D eigenvalue weighted by Crippen LogP contribution is 2.14. The molecule has 1 aliphatic rings. The number of hydrogen-bond acceptors (Lipinski definition) is 6. The van der Waals surface area contributed by atoms with Crippen LogP contribution in [0.15, 0.2) is 30.6 Å². The molecule has 0 bridgehead atoms. The standard InChI is InChI=1S/C18H26N6O2/c1-14(2)10-17(23-6-8-26-9-7-23)12-19-18(25)15-4-3-5-16(11-15)24-13-20-21-22-24/h3-5,11,13-14,17H,6-10,12H2,1-2H3,(H,19,25). The fourth-order valence-electron chi connectivity index (χ4n) is 3.23. The molecule has 0 spiro atoms. The Hall–Kier alpha value is -2.32. The van der Waals surface area contributed by atoms with Gasteiger partial charge in [-0.2, -0.15) is 0 Å². The number of carbonyl (C=O) groups is 1. The van der Waals surface area contributed by atoms with Crippen LogP contribution >= 0.6 is 0 Å². The van der Waals surface area contributed by atoms with Crippen LogP contribution in [0.4, 0.5) is 0 Å². The van der Waals surface area contributed by atoms with Gasteiger partial charge in [0.05, 0.1) is 18.9 Å². The van der Waals surface area contributed by atoms with Gasteiger partial charge in [-0.3, -0.25) is 9.69 Å². The second kappa shape index (κ2) is 8.86. The van der Waals surface area contributed by atoms with E-state index in [0.29, 0.717) is 24.1 Å². The van der Waals surface area contributed by atoms with Crippen LogP contribution in [-0.4, -0.2) is 69.9 Å². The first-order valence-corrected chi connectivity index (χ1v) is 9.07. The molecule has 1 saturated heterocycles. The zero-order valence-electron chi connectivity index (χ0n) is 15.3. The Bertz CT molecular complexity index is 697. The summed E-state index contributed by atoms with van der Waals surface area (Å²) >= 11 is 0. The van der Waals surface area contributed by atoms with Crippen molar-refractivity contribution in [2.45, 2.75) is 26.3 Å². The van der Waals surface area contributed by atoms with Crippen molar-refractivity contribution in [3.05, 3.63) is 36.2 Å². The number of morpholine rings is 1. The molecule has 0 aliphatic carbocycles. The molecule has 1 aliphatic heterocycles. The summed E-state index contributed by atoms with van der Waals surface area (Å²) in [7, 11) is 0. The number of rotatable bonds is 7. The first kappa shape index (κ1) is 18.5. The van der Waals surface area contributed by atoms with E-state index in [-0.39, 0.29) is 5.91 Å².